The fraction of sp³-hybridized carbons (Fsp3) is 0.333. The van der Waals surface area contributed by atoms with Crippen LogP contribution in [0.25, 0.3) is 0 Å². The topological polar surface area (TPSA) is 60.5 Å². The van der Waals surface area contributed by atoms with Crippen LogP contribution < -0.4 is 14.8 Å². The van der Waals surface area contributed by atoms with Crippen LogP contribution in [0.4, 0.5) is 13.2 Å². The lowest BCUT2D eigenvalue weighted by Gasteiger charge is -2.10. The third kappa shape index (κ3) is 3.97. The van der Waals surface area contributed by atoms with E-state index in [-0.39, 0.29) is 17.1 Å². The fourth-order valence-electron chi connectivity index (χ4n) is 1.98. The van der Waals surface area contributed by atoms with E-state index in [1.165, 1.54) is 21.1 Å². The number of carbonyl (C=O) groups excluding carboxylic acids is 1. The van der Waals surface area contributed by atoms with E-state index in [0.29, 0.717) is 22.8 Å². The average Bonchev–Trinajstić information content (AvgIpc) is 2.94. The quantitative estimate of drug-likeness (QED) is 0.888. The van der Waals surface area contributed by atoms with Crippen molar-refractivity contribution in [3.05, 3.63) is 39.3 Å². The Morgan fingerprint density at radius 2 is 1.92 bits per heavy atom. The summed E-state index contributed by atoms with van der Waals surface area (Å²) in [5.41, 5.74) is 0.774. The van der Waals surface area contributed by atoms with Crippen LogP contribution in [-0.2, 0) is 12.7 Å². The molecule has 2 rings (SSSR count). The number of rotatable bonds is 5. The van der Waals surface area contributed by atoms with E-state index in [1.54, 1.807) is 18.2 Å². The normalized spacial score (nSPS) is 11.2. The van der Waals surface area contributed by atoms with Gasteiger partial charge in [0.1, 0.15) is 4.88 Å². The molecule has 5 nitrogen and oxygen atoms in total. The summed E-state index contributed by atoms with van der Waals surface area (Å²) in [5, 5.41) is 1.55. The van der Waals surface area contributed by atoms with Crippen molar-refractivity contribution in [2.24, 2.45) is 0 Å². The summed E-state index contributed by atoms with van der Waals surface area (Å²) < 4.78 is 48.2. The molecule has 0 saturated carbocycles. The molecule has 0 unspecified atom stereocenters. The summed E-state index contributed by atoms with van der Waals surface area (Å²) in [7, 11) is 2.99. The molecule has 2 aromatic rings. The second kappa shape index (κ2) is 7.08. The first kappa shape index (κ1) is 18.1. The van der Waals surface area contributed by atoms with Gasteiger partial charge in [0, 0.05) is 6.54 Å². The van der Waals surface area contributed by atoms with E-state index >= 15 is 0 Å². The van der Waals surface area contributed by atoms with Gasteiger partial charge in [0.05, 0.1) is 19.9 Å². The molecule has 1 aromatic carbocycles. The van der Waals surface area contributed by atoms with Gasteiger partial charge in [-0.3, -0.25) is 4.79 Å². The zero-order chi connectivity index (χ0) is 17.9. The van der Waals surface area contributed by atoms with E-state index < -0.39 is 17.1 Å². The lowest BCUT2D eigenvalue weighted by atomic mass is 10.2. The molecule has 0 bridgehead atoms. The molecule has 0 saturated heterocycles. The highest BCUT2D eigenvalue weighted by molar-refractivity contribution is 7.13. The molecule has 0 atom stereocenters. The molecule has 1 heterocycles. The van der Waals surface area contributed by atoms with Crippen molar-refractivity contribution < 1.29 is 27.4 Å². The number of halogens is 3. The van der Waals surface area contributed by atoms with Crippen molar-refractivity contribution in [3.63, 3.8) is 0 Å². The van der Waals surface area contributed by atoms with Crippen LogP contribution in [0.5, 0.6) is 11.5 Å². The Kier molecular flexibility index (Phi) is 5.33. The van der Waals surface area contributed by atoms with Crippen molar-refractivity contribution in [1.29, 1.82) is 0 Å². The van der Waals surface area contributed by atoms with Crippen molar-refractivity contribution >= 4 is 17.2 Å². The number of methoxy groups -OCH3 is 2. The monoisotopic (exact) mass is 360 g/mol. The molecule has 9 heteroatoms. The number of benzene rings is 1. The van der Waals surface area contributed by atoms with Crippen molar-refractivity contribution in [2.45, 2.75) is 19.6 Å². The van der Waals surface area contributed by atoms with Gasteiger partial charge in [0.25, 0.3) is 5.91 Å². The molecule has 1 amide bonds. The number of ether oxygens (including phenoxy) is 2. The highest BCUT2D eigenvalue weighted by Gasteiger charge is 2.36. The molecule has 24 heavy (non-hydrogen) atoms. The maximum absolute atomic E-state index is 12.6. The van der Waals surface area contributed by atoms with E-state index in [2.05, 4.69) is 10.3 Å². The van der Waals surface area contributed by atoms with Crippen molar-refractivity contribution in [1.82, 2.24) is 10.3 Å². The van der Waals surface area contributed by atoms with E-state index in [9.17, 15) is 18.0 Å². The first-order chi connectivity index (χ1) is 11.3. The zero-order valence-electron chi connectivity index (χ0n) is 13.2. The maximum atomic E-state index is 12.6. The Bertz CT molecular complexity index is 744. The first-order valence-corrected chi connectivity index (χ1v) is 7.61. The number of alkyl halides is 3. The minimum Gasteiger partial charge on any atom is -0.493 e. The molecular weight excluding hydrogens is 345 g/mol. The summed E-state index contributed by atoms with van der Waals surface area (Å²) in [6.45, 7) is 1.51. The molecule has 1 aromatic heterocycles. The van der Waals surface area contributed by atoms with Crippen LogP contribution in [-0.4, -0.2) is 25.1 Å². The number of hydrogen-bond acceptors (Lipinski definition) is 5. The summed E-state index contributed by atoms with van der Waals surface area (Å²) in [6.07, 6.45) is -4.56. The Balaban J connectivity index is 2.10. The molecule has 0 fully saturated rings. The standard InChI is InChI=1S/C15H15F3N2O3S/c1-8-12(24-14(20-8)15(16,17)18)13(21)19-7-9-4-5-10(22-2)11(6-9)23-3/h4-6H,7H2,1-3H3,(H,19,21). The van der Waals surface area contributed by atoms with Crippen LogP contribution in [0.1, 0.15) is 25.9 Å². The Morgan fingerprint density at radius 1 is 1.25 bits per heavy atom. The minimum absolute atomic E-state index is 0.0529. The minimum atomic E-state index is -4.56. The number of amides is 1. The average molecular weight is 360 g/mol. The molecular formula is C15H15F3N2O3S. The number of nitrogens with one attached hydrogen (secondary N) is 1. The van der Waals surface area contributed by atoms with Crippen LogP contribution in [0.15, 0.2) is 18.2 Å². The molecule has 1 N–H and O–H groups in total. The Labute approximate surface area is 140 Å². The number of aryl methyl sites for hydroxylation is 1. The maximum Gasteiger partial charge on any atom is 0.443 e. The lowest BCUT2D eigenvalue weighted by Crippen LogP contribution is -2.22. The predicted octanol–water partition coefficient (Wildman–Crippen LogP) is 3.42. The van der Waals surface area contributed by atoms with Crippen molar-refractivity contribution in [2.75, 3.05) is 14.2 Å². The number of carbonyl (C=O) groups is 1. The van der Waals surface area contributed by atoms with Gasteiger partial charge in [-0.05, 0) is 24.6 Å². The Hall–Kier alpha value is -2.29. The second-order valence-corrected chi connectivity index (χ2v) is 5.80. The van der Waals surface area contributed by atoms with Crippen molar-refractivity contribution in [3.8, 4) is 11.5 Å². The van der Waals surface area contributed by atoms with Gasteiger partial charge in [-0.15, -0.1) is 11.3 Å². The first-order valence-electron chi connectivity index (χ1n) is 6.80. The SMILES string of the molecule is COc1ccc(CNC(=O)c2sc(C(F)(F)F)nc2C)cc1OC. The molecule has 0 aliphatic rings. The van der Waals surface area contributed by atoms with Gasteiger partial charge in [-0.25, -0.2) is 4.98 Å². The third-order valence-electron chi connectivity index (χ3n) is 3.15. The van der Waals surface area contributed by atoms with Crippen LogP contribution in [0.2, 0.25) is 0 Å². The fourth-order valence-corrected chi connectivity index (χ4v) is 2.83. The summed E-state index contributed by atoms with van der Waals surface area (Å²) in [6, 6.07) is 5.09. The van der Waals surface area contributed by atoms with Gasteiger partial charge in [0.2, 0.25) is 0 Å². The molecule has 0 spiro atoms. The number of nitrogens with zero attached hydrogens (tertiary/aromatic N) is 1. The summed E-state index contributed by atoms with van der Waals surface area (Å²) >= 11 is 0.331. The Morgan fingerprint density at radius 3 is 2.46 bits per heavy atom. The summed E-state index contributed by atoms with van der Waals surface area (Å²) in [5.74, 6) is 0.438. The second-order valence-electron chi connectivity index (χ2n) is 4.80. The zero-order valence-corrected chi connectivity index (χ0v) is 14.0. The smallest absolute Gasteiger partial charge is 0.443 e. The third-order valence-corrected chi connectivity index (χ3v) is 4.35. The van der Waals surface area contributed by atoms with Crippen LogP contribution in [0, 0.1) is 6.92 Å². The highest BCUT2D eigenvalue weighted by atomic mass is 32.1. The molecule has 0 radical (unpaired) electrons. The van der Waals surface area contributed by atoms with Crippen LogP contribution in [0.3, 0.4) is 0 Å². The summed E-state index contributed by atoms with van der Waals surface area (Å²) in [4.78, 5) is 15.4. The largest absolute Gasteiger partial charge is 0.493 e. The van der Waals surface area contributed by atoms with Gasteiger partial charge in [-0.2, -0.15) is 13.2 Å². The van der Waals surface area contributed by atoms with Gasteiger partial charge < -0.3 is 14.8 Å². The van der Waals surface area contributed by atoms with Gasteiger partial charge in [0.15, 0.2) is 16.5 Å². The van der Waals surface area contributed by atoms with E-state index in [1.807, 2.05) is 0 Å². The van der Waals surface area contributed by atoms with Crippen LogP contribution >= 0.6 is 11.3 Å². The number of aromatic nitrogens is 1. The molecule has 0 aliphatic heterocycles. The van der Waals surface area contributed by atoms with E-state index in [4.69, 9.17) is 9.47 Å². The van der Waals surface area contributed by atoms with Gasteiger partial charge in [-0.1, -0.05) is 6.07 Å². The van der Waals surface area contributed by atoms with E-state index in [0.717, 1.165) is 5.56 Å². The lowest BCUT2D eigenvalue weighted by molar-refractivity contribution is -0.137. The molecule has 0 aliphatic carbocycles. The predicted molar refractivity (Wildman–Crippen MR) is 82.6 cm³/mol. The highest BCUT2D eigenvalue weighted by Crippen LogP contribution is 2.34. The molecule has 130 valence electrons. The number of hydrogen-bond donors (Lipinski definition) is 1. The van der Waals surface area contributed by atoms with Gasteiger partial charge >= 0.3 is 6.18 Å². The number of thiazole rings is 1.